The molecule has 1 heterocycles. The third-order valence-electron chi connectivity index (χ3n) is 2.97. The van der Waals surface area contributed by atoms with E-state index in [4.69, 9.17) is 10.5 Å². The van der Waals surface area contributed by atoms with Gasteiger partial charge < -0.3 is 10.5 Å². The number of rotatable bonds is 4. The first-order valence-electron chi connectivity index (χ1n) is 6.04. The SMILES string of the molecule is CCC(C)c1ccccc1Oc1ncncc1N. The minimum atomic E-state index is 0.403. The maximum Gasteiger partial charge on any atom is 0.245 e. The van der Waals surface area contributed by atoms with Crippen LogP contribution in [0, 0.1) is 0 Å². The minimum absolute atomic E-state index is 0.403. The molecule has 0 radical (unpaired) electrons. The molecule has 0 aliphatic heterocycles. The lowest BCUT2D eigenvalue weighted by Crippen LogP contribution is -1.99. The Morgan fingerprint density at radius 2 is 2.11 bits per heavy atom. The smallest absolute Gasteiger partial charge is 0.245 e. The van der Waals surface area contributed by atoms with Crippen LogP contribution in [0.25, 0.3) is 0 Å². The van der Waals surface area contributed by atoms with E-state index in [0.717, 1.165) is 17.7 Å². The number of anilines is 1. The molecule has 0 amide bonds. The van der Waals surface area contributed by atoms with Crippen molar-refractivity contribution >= 4 is 5.69 Å². The van der Waals surface area contributed by atoms with E-state index < -0.39 is 0 Å². The van der Waals surface area contributed by atoms with Gasteiger partial charge in [0, 0.05) is 0 Å². The molecule has 1 atom stereocenters. The van der Waals surface area contributed by atoms with Gasteiger partial charge in [-0.25, -0.2) is 4.98 Å². The molecular formula is C14H17N3O. The summed E-state index contributed by atoms with van der Waals surface area (Å²) in [5.74, 6) is 1.64. The molecule has 2 aromatic rings. The van der Waals surface area contributed by atoms with E-state index >= 15 is 0 Å². The molecule has 1 aromatic carbocycles. The molecule has 0 aliphatic rings. The first-order valence-corrected chi connectivity index (χ1v) is 6.04. The molecule has 94 valence electrons. The topological polar surface area (TPSA) is 61.0 Å². The second-order valence-electron chi connectivity index (χ2n) is 4.23. The Labute approximate surface area is 107 Å². The number of nitrogens with two attached hydrogens (primary N) is 1. The molecule has 2 N–H and O–H groups in total. The van der Waals surface area contributed by atoms with E-state index in [9.17, 15) is 0 Å². The van der Waals surface area contributed by atoms with Crippen molar-refractivity contribution in [2.45, 2.75) is 26.2 Å². The third kappa shape index (κ3) is 2.59. The molecule has 0 aliphatic carbocycles. The van der Waals surface area contributed by atoms with Gasteiger partial charge in [-0.05, 0) is 24.0 Å². The fraction of sp³-hybridized carbons (Fsp3) is 0.286. The Balaban J connectivity index is 2.32. The highest BCUT2D eigenvalue weighted by Crippen LogP contribution is 2.32. The molecule has 4 nitrogen and oxygen atoms in total. The molecule has 1 aromatic heterocycles. The minimum Gasteiger partial charge on any atom is -0.437 e. The average molecular weight is 243 g/mol. The molecule has 0 spiro atoms. The van der Waals surface area contributed by atoms with Crippen molar-refractivity contribution in [3.05, 3.63) is 42.4 Å². The zero-order valence-corrected chi connectivity index (χ0v) is 10.6. The summed E-state index contributed by atoms with van der Waals surface area (Å²) in [5.41, 5.74) is 7.38. The second-order valence-corrected chi connectivity index (χ2v) is 4.23. The van der Waals surface area contributed by atoms with Crippen LogP contribution in [0.4, 0.5) is 5.69 Å². The molecule has 0 saturated heterocycles. The number of hydrogen-bond acceptors (Lipinski definition) is 4. The maximum atomic E-state index is 5.79. The van der Waals surface area contributed by atoms with E-state index in [0.29, 0.717) is 17.5 Å². The molecule has 0 saturated carbocycles. The van der Waals surface area contributed by atoms with Gasteiger partial charge in [-0.1, -0.05) is 32.0 Å². The van der Waals surface area contributed by atoms with E-state index in [2.05, 4.69) is 29.9 Å². The molecule has 0 bridgehead atoms. The van der Waals surface area contributed by atoms with Gasteiger partial charge >= 0.3 is 0 Å². The van der Waals surface area contributed by atoms with Crippen LogP contribution in [0.5, 0.6) is 11.6 Å². The van der Waals surface area contributed by atoms with E-state index in [1.165, 1.54) is 12.5 Å². The summed E-state index contributed by atoms with van der Waals surface area (Å²) in [5, 5.41) is 0. The van der Waals surface area contributed by atoms with Crippen molar-refractivity contribution in [3.8, 4) is 11.6 Å². The lowest BCUT2D eigenvalue weighted by atomic mass is 9.98. The highest BCUT2D eigenvalue weighted by Gasteiger charge is 2.11. The lowest BCUT2D eigenvalue weighted by Gasteiger charge is -2.15. The number of nitrogen functional groups attached to an aromatic ring is 1. The first kappa shape index (κ1) is 12.4. The fourth-order valence-corrected chi connectivity index (χ4v) is 1.72. The van der Waals surface area contributed by atoms with Crippen molar-refractivity contribution in [1.29, 1.82) is 0 Å². The normalized spacial score (nSPS) is 12.1. The molecule has 2 rings (SSSR count). The van der Waals surface area contributed by atoms with Crippen LogP contribution in [0.2, 0.25) is 0 Å². The molecular weight excluding hydrogens is 226 g/mol. The standard InChI is InChI=1S/C14H17N3O/c1-3-10(2)11-6-4-5-7-13(11)18-14-12(15)8-16-9-17-14/h4-10H,3,15H2,1-2H3. The van der Waals surface area contributed by atoms with Gasteiger partial charge in [-0.2, -0.15) is 4.98 Å². The Hall–Kier alpha value is -2.10. The highest BCUT2D eigenvalue weighted by atomic mass is 16.5. The van der Waals surface area contributed by atoms with Gasteiger partial charge in [0.25, 0.3) is 0 Å². The third-order valence-corrected chi connectivity index (χ3v) is 2.97. The Bertz CT molecular complexity index is 528. The van der Waals surface area contributed by atoms with Crippen LogP contribution < -0.4 is 10.5 Å². The van der Waals surface area contributed by atoms with Crippen LogP contribution in [-0.4, -0.2) is 9.97 Å². The summed E-state index contributed by atoms with van der Waals surface area (Å²) in [6, 6.07) is 7.96. The highest BCUT2D eigenvalue weighted by molar-refractivity contribution is 5.48. The quantitative estimate of drug-likeness (QED) is 0.894. The van der Waals surface area contributed by atoms with Crippen molar-refractivity contribution in [2.24, 2.45) is 0 Å². The Kier molecular flexibility index (Phi) is 3.77. The van der Waals surface area contributed by atoms with Gasteiger partial charge in [0.2, 0.25) is 5.88 Å². The van der Waals surface area contributed by atoms with E-state index in [-0.39, 0.29) is 0 Å². The van der Waals surface area contributed by atoms with Crippen LogP contribution in [0.1, 0.15) is 31.7 Å². The van der Waals surface area contributed by atoms with Crippen molar-refractivity contribution < 1.29 is 4.74 Å². The summed E-state index contributed by atoms with van der Waals surface area (Å²) in [6.45, 7) is 4.33. The van der Waals surface area contributed by atoms with Gasteiger partial charge in [-0.3, -0.25) is 0 Å². The van der Waals surface area contributed by atoms with Crippen LogP contribution in [0.3, 0.4) is 0 Å². The number of ether oxygens (including phenoxy) is 1. The first-order chi connectivity index (χ1) is 8.72. The van der Waals surface area contributed by atoms with Crippen LogP contribution >= 0.6 is 0 Å². The van der Waals surface area contributed by atoms with Crippen LogP contribution in [-0.2, 0) is 0 Å². The monoisotopic (exact) mass is 243 g/mol. The Morgan fingerprint density at radius 3 is 2.83 bits per heavy atom. The zero-order chi connectivity index (χ0) is 13.0. The van der Waals surface area contributed by atoms with E-state index in [1.807, 2.05) is 18.2 Å². The number of hydrogen-bond donors (Lipinski definition) is 1. The summed E-state index contributed by atoms with van der Waals surface area (Å²) in [7, 11) is 0. The van der Waals surface area contributed by atoms with Crippen molar-refractivity contribution in [2.75, 3.05) is 5.73 Å². The number of nitrogens with zero attached hydrogens (tertiary/aromatic N) is 2. The summed E-state index contributed by atoms with van der Waals surface area (Å²) >= 11 is 0. The van der Waals surface area contributed by atoms with Gasteiger partial charge in [-0.15, -0.1) is 0 Å². The Morgan fingerprint density at radius 1 is 1.33 bits per heavy atom. The van der Waals surface area contributed by atoms with Crippen molar-refractivity contribution in [1.82, 2.24) is 9.97 Å². The van der Waals surface area contributed by atoms with Crippen molar-refractivity contribution in [3.63, 3.8) is 0 Å². The molecule has 1 unspecified atom stereocenters. The number of benzene rings is 1. The van der Waals surface area contributed by atoms with E-state index in [1.54, 1.807) is 0 Å². The molecule has 0 fully saturated rings. The number of para-hydroxylation sites is 1. The summed E-state index contributed by atoms with van der Waals surface area (Å²) in [6.07, 6.45) is 4.02. The lowest BCUT2D eigenvalue weighted by molar-refractivity contribution is 0.453. The maximum absolute atomic E-state index is 5.79. The average Bonchev–Trinajstić information content (AvgIpc) is 2.41. The zero-order valence-electron chi connectivity index (χ0n) is 10.6. The fourth-order valence-electron chi connectivity index (χ4n) is 1.72. The van der Waals surface area contributed by atoms with Gasteiger partial charge in [0.1, 0.15) is 17.8 Å². The molecule has 4 heteroatoms. The largest absolute Gasteiger partial charge is 0.437 e. The van der Waals surface area contributed by atoms with Crippen LogP contribution in [0.15, 0.2) is 36.8 Å². The van der Waals surface area contributed by atoms with Gasteiger partial charge in [0.15, 0.2) is 0 Å². The second kappa shape index (κ2) is 5.49. The number of aromatic nitrogens is 2. The predicted octanol–water partition coefficient (Wildman–Crippen LogP) is 3.36. The summed E-state index contributed by atoms with van der Waals surface area (Å²) in [4.78, 5) is 7.89. The summed E-state index contributed by atoms with van der Waals surface area (Å²) < 4.78 is 5.79. The molecule has 18 heavy (non-hydrogen) atoms. The van der Waals surface area contributed by atoms with Gasteiger partial charge in [0.05, 0.1) is 6.20 Å². The predicted molar refractivity (Wildman–Crippen MR) is 71.7 cm³/mol.